The first-order valence-corrected chi connectivity index (χ1v) is 7.36. The fourth-order valence-electron chi connectivity index (χ4n) is 1.33. The van der Waals surface area contributed by atoms with Crippen LogP contribution in [0.15, 0.2) is 37.3 Å². The SMILES string of the molecule is NC(=Nc1ccc(F)c(Br)c1)c1nonc1SCC(F)(F)F. The Balaban J connectivity index is 2.22. The van der Waals surface area contributed by atoms with Crippen molar-refractivity contribution in [3.63, 3.8) is 0 Å². The van der Waals surface area contributed by atoms with Crippen LogP contribution in [-0.2, 0) is 0 Å². The standard InChI is InChI=1S/C11H7BrF4N4OS/c12-6-3-5(1-2-7(6)13)18-9(17)8-10(20-21-19-8)22-4-11(14,15)16/h1-3H,4H2,(H2,17,18). The van der Waals surface area contributed by atoms with Crippen LogP contribution in [0, 0.1) is 5.82 Å². The van der Waals surface area contributed by atoms with Crippen molar-refractivity contribution in [2.45, 2.75) is 11.2 Å². The second kappa shape index (κ2) is 6.65. The largest absolute Gasteiger partial charge is 0.398 e. The van der Waals surface area contributed by atoms with Crippen LogP contribution in [0.4, 0.5) is 23.2 Å². The lowest BCUT2D eigenvalue weighted by molar-refractivity contribution is -0.105. The highest BCUT2D eigenvalue weighted by molar-refractivity contribution is 9.10. The van der Waals surface area contributed by atoms with Crippen molar-refractivity contribution in [1.82, 2.24) is 10.3 Å². The van der Waals surface area contributed by atoms with E-state index < -0.39 is 17.7 Å². The Hall–Kier alpha value is -1.62. The number of thioether (sulfide) groups is 1. The summed E-state index contributed by atoms with van der Waals surface area (Å²) in [6.07, 6.45) is -4.37. The third-order valence-electron chi connectivity index (χ3n) is 2.23. The molecule has 0 radical (unpaired) electrons. The van der Waals surface area contributed by atoms with Gasteiger partial charge in [0.1, 0.15) is 5.82 Å². The first kappa shape index (κ1) is 16.7. The highest BCUT2D eigenvalue weighted by Gasteiger charge is 2.29. The molecule has 1 heterocycles. The molecule has 0 atom stereocenters. The van der Waals surface area contributed by atoms with Gasteiger partial charge in [0.15, 0.2) is 16.6 Å². The number of hydrogen-bond donors (Lipinski definition) is 1. The van der Waals surface area contributed by atoms with Crippen LogP contribution >= 0.6 is 27.7 Å². The van der Waals surface area contributed by atoms with Gasteiger partial charge >= 0.3 is 6.18 Å². The number of rotatable bonds is 4. The van der Waals surface area contributed by atoms with Crippen molar-refractivity contribution in [2.24, 2.45) is 10.7 Å². The molecule has 1 aromatic carbocycles. The Morgan fingerprint density at radius 1 is 1.36 bits per heavy atom. The number of alkyl halides is 3. The molecular weight excluding hydrogens is 392 g/mol. The van der Waals surface area contributed by atoms with Crippen LogP contribution in [0.5, 0.6) is 0 Å². The van der Waals surface area contributed by atoms with E-state index in [1.807, 2.05) is 0 Å². The normalized spacial score (nSPS) is 12.7. The number of aliphatic imine (C=N–C) groups is 1. The second-order valence-corrected chi connectivity index (χ2v) is 5.74. The summed E-state index contributed by atoms with van der Waals surface area (Å²) in [4.78, 5) is 3.95. The summed E-state index contributed by atoms with van der Waals surface area (Å²) in [5.41, 5.74) is 5.87. The summed E-state index contributed by atoms with van der Waals surface area (Å²) < 4.78 is 54.3. The Kier molecular flexibility index (Phi) is 5.06. The van der Waals surface area contributed by atoms with Gasteiger partial charge in [0.25, 0.3) is 0 Å². The van der Waals surface area contributed by atoms with Gasteiger partial charge in [0, 0.05) is 0 Å². The van der Waals surface area contributed by atoms with E-state index in [0.717, 1.165) is 6.07 Å². The summed E-state index contributed by atoms with van der Waals surface area (Å²) >= 11 is 3.37. The van der Waals surface area contributed by atoms with Crippen molar-refractivity contribution in [2.75, 3.05) is 5.75 Å². The predicted molar refractivity (Wildman–Crippen MR) is 75.6 cm³/mol. The fraction of sp³-hybridized carbons (Fsp3) is 0.182. The van der Waals surface area contributed by atoms with Crippen LogP contribution < -0.4 is 5.73 Å². The first-order valence-electron chi connectivity index (χ1n) is 5.58. The Labute approximate surface area is 134 Å². The highest BCUT2D eigenvalue weighted by Crippen LogP contribution is 2.28. The molecular formula is C11H7BrF4N4OS. The van der Waals surface area contributed by atoms with Gasteiger partial charge in [-0.25, -0.2) is 14.0 Å². The van der Waals surface area contributed by atoms with Crippen LogP contribution in [0.1, 0.15) is 5.69 Å². The molecule has 0 bridgehead atoms. The van der Waals surface area contributed by atoms with Gasteiger partial charge in [-0.15, -0.1) is 0 Å². The minimum absolute atomic E-state index is 0.102. The van der Waals surface area contributed by atoms with Crippen LogP contribution in [0.2, 0.25) is 0 Å². The minimum Gasteiger partial charge on any atom is -0.382 e. The molecule has 0 aliphatic heterocycles. The van der Waals surface area contributed by atoms with Gasteiger partial charge in [0.2, 0.25) is 0 Å². The highest BCUT2D eigenvalue weighted by atomic mass is 79.9. The molecule has 2 N–H and O–H groups in total. The summed E-state index contributed by atoms with van der Waals surface area (Å²) in [5, 5.41) is 6.67. The number of halogens is 5. The lowest BCUT2D eigenvalue weighted by atomic mass is 10.3. The molecule has 2 rings (SSSR count). The Morgan fingerprint density at radius 2 is 2.09 bits per heavy atom. The Morgan fingerprint density at radius 3 is 2.73 bits per heavy atom. The maximum absolute atomic E-state index is 13.1. The zero-order chi connectivity index (χ0) is 16.3. The number of hydrogen-bond acceptors (Lipinski definition) is 5. The van der Waals surface area contributed by atoms with Crippen LogP contribution in [0.3, 0.4) is 0 Å². The lowest BCUT2D eigenvalue weighted by Gasteiger charge is -2.04. The summed E-state index contributed by atoms with van der Waals surface area (Å²) in [5.74, 6) is -1.84. The molecule has 11 heteroatoms. The number of benzene rings is 1. The summed E-state index contributed by atoms with van der Waals surface area (Å²) in [7, 11) is 0. The van der Waals surface area contributed by atoms with Gasteiger partial charge in [-0.3, -0.25) is 0 Å². The summed E-state index contributed by atoms with van der Waals surface area (Å²) in [6, 6.07) is 3.87. The lowest BCUT2D eigenvalue weighted by Crippen LogP contribution is -2.16. The zero-order valence-electron chi connectivity index (χ0n) is 10.6. The van der Waals surface area contributed by atoms with Gasteiger partial charge in [-0.1, -0.05) is 11.8 Å². The molecule has 5 nitrogen and oxygen atoms in total. The smallest absolute Gasteiger partial charge is 0.382 e. The molecule has 22 heavy (non-hydrogen) atoms. The third kappa shape index (κ3) is 4.44. The molecule has 0 saturated heterocycles. The fourth-order valence-corrected chi connectivity index (χ4v) is 2.36. The first-order chi connectivity index (χ1) is 10.3. The molecule has 0 spiro atoms. The minimum atomic E-state index is -4.37. The Bertz CT molecular complexity index is 704. The number of nitrogens with two attached hydrogens (primary N) is 1. The monoisotopic (exact) mass is 398 g/mol. The van der Waals surface area contributed by atoms with E-state index in [4.69, 9.17) is 5.73 Å². The number of aromatic nitrogens is 2. The van der Waals surface area contributed by atoms with Crippen molar-refractivity contribution < 1.29 is 22.2 Å². The van der Waals surface area contributed by atoms with Crippen molar-refractivity contribution >= 4 is 39.2 Å². The van der Waals surface area contributed by atoms with E-state index >= 15 is 0 Å². The van der Waals surface area contributed by atoms with Gasteiger partial charge in [-0.05, 0) is 44.4 Å². The van der Waals surface area contributed by atoms with E-state index in [2.05, 4.69) is 35.9 Å². The average Bonchev–Trinajstić information content (AvgIpc) is 2.88. The molecule has 1 aromatic heterocycles. The topological polar surface area (TPSA) is 77.3 Å². The van der Waals surface area contributed by atoms with Gasteiger partial charge in [-0.2, -0.15) is 13.2 Å². The van der Waals surface area contributed by atoms with Gasteiger partial charge < -0.3 is 5.73 Å². The average molecular weight is 399 g/mol. The molecule has 0 saturated carbocycles. The van der Waals surface area contributed by atoms with E-state index in [1.54, 1.807) is 0 Å². The van der Waals surface area contributed by atoms with Crippen molar-refractivity contribution in [1.29, 1.82) is 0 Å². The van der Waals surface area contributed by atoms with Crippen molar-refractivity contribution in [3.8, 4) is 0 Å². The molecule has 0 aliphatic rings. The predicted octanol–water partition coefficient (Wildman–Crippen LogP) is 3.66. The molecule has 0 aliphatic carbocycles. The quantitative estimate of drug-likeness (QED) is 0.368. The van der Waals surface area contributed by atoms with Crippen LogP contribution in [0.25, 0.3) is 0 Å². The number of nitrogens with zero attached hydrogens (tertiary/aromatic N) is 3. The third-order valence-corrected chi connectivity index (χ3v) is 3.85. The maximum atomic E-state index is 13.1. The van der Waals surface area contributed by atoms with E-state index in [1.165, 1.54) is 12.1 Å². The molecule has 0 unspecified atom stereocenters. The van der Waals surface area contributed by atoms with E-state index in [9.17, 15) is 17.6 Å². The van der Waals surface area contributed by atoms with Gasteiger partial charge in [0.05, 0.1) is 15.9 Å². The van der Waals surface area contributed by atoms with E-state index in [0.29, 0.717) is 17.4 Å². The van der Waals surface area contributed by atoms with Crippen molar-refractivity contribution in [3.05, 3.63) is 34.2 Å². The second-order valence-electron chi connectivity index (χ2n) is 3.92. The zero-order valence-corrected chi connectivity index (χ0v) is 13.0. The molecule has 0 fully saturated rings. The van der Waals surface area contributed by atoms with Crippen LogP contribution in [-0.4, -0.2) is 28.1 Å². The molecule has 118 valence electrons. The molecule has 2 aromatic rings. The number of amidine groups is 1. The maximum Gasteiger partial charge on any atom is 0.398 e. The molecule has 0 amide bonds. The van der Waals surface area contributed by atoms with E-state index in [-0.39, 0.29) is 21.0 Å². The summed E-state index contributed by atoms with van der Waals surface area (Å²) in [6.45, 7) is 0.